The first kappa shape index (κ1) is 38.5. The Bertz CT molecular complexity index is 1060. The van der Waals surface area contributed by atoms with Crippen LogP contribution in [0, 0.1) is 13.8 Å². The first-order chi connectivity index (χ1) is 19.9. The van der Waals surface area contributed by atoms with Crippen LogP contribution in [0.3, 0.4) is 0 Å². The molecule has 2 rings (SSSR count). The van der Waals surface area contributed by atoms with Crippen LogP contribution < -0.4 is 18.8 Å². The van der Waals surface area contributed by atoms with E-state index < -0.39 is 13.4 Å². The summed E-state index contributed by atoms with van der Waals surface area (Å²) in [5.74, 6) is 2.05. The molecule has 240 valence electrons. The van der Waals surface area contributed by atoms with E-state index in [-0.39, 0.29) is 0 Å². The third kappa shape index (κ3) is 13.0. The van der Waals surface area contributed by atoms with Gasteiger partial charge in [-0.05, 0) is 69.2 Å². The molecule has 0 amide bonds. The number of aromatic nitrogens is 4. The molecule has 0 aliphatic rings. The molecule has 0 atom stereocenters. The Labute approximate surface area is 262 Å². The van der Waals surface area contributed by atoms with E-state index in [1.165, 1.54) is 0 Å². The Hall–Kier alpha value is -1.50. The van der Waals surface area contributed by atoms with Crippen molar-refractivity contribution in [1.82, 2.24) is 19.9 Å². The van der Waals surface area contributed by atoms with Crippen LogP contribution >= 0.6 is 13.4 Å². The van der Waals surface area contributed by atoms with Gasteiger partial charge in [0, 0.05) is 73.3 Å². The monoisotopic (exact) mass is 666 g/mol. The summed E-state index contributed by atoms with van der Waals surface area (Å²) >= 11 is 10.7. The Morgan fingerprint density at radius 1 is 0.548 bits per heavy atom. The van der Waals surface area contributed by atoms with Crippen LogP contribution in [0.1, 0.15) is 66.8 Å². The van der Waals surface area contributed by atoms with Gasteiger partial charge in [0.05, 0.1) is 26.4 Å². The molecule has 0 saturated carbocycles. The molecule has 42 heavy (non-hydrogen) atoms. The van der Waals surface area contributed by atoms with Gasteiger partial charge in [-0.1, -0.05) is 0 Å². The number of rotatable bonds is 18. The molecule has 2 heterocycles. The van der Waals surface area contributed by atoms with Crippen molar-refractivity contribution in [2.45, 2.75) is 69.2 Å². The molecule has 12 nitrogen and oxygen atoms in total. The van der Waals surface area contributed by atoms with E-state index in [1.54, 1.807) is 12.1 Å². The third-order valence-electron chi connectivity index (χ3n) is 5.29. The molecular formula is C26H48N6O6P2S2. The van der Waals surface area contributed by atoms with Gasteiger partial charge < -0.3 is 18.8 Å². The SMILES string of the molecule is CCOP(=S)(OCC)Oc1cc(C)nc(N(CC)CC)n1.CCOP(=S)(OCC)Oc1cc(C)nc(N(CC)CC)n1. The van der Waals surface area contributed by atoms with Crippen molar-refractivity contribution in [1.29, 1.82) is 0 Å². The maximum atomic E-state index is 5.75. The van der Waals surface area contributed by atoms with Crippen LogP contribution in [0.4, 0.5) is 11.9 Å². The summed E-state index contributed by atoms with van der Waals surface area (Å²) in [7, 11) is 0. The molecule has 0 aromatic carbocycles. The van der Waals surface area contributed by atoms with E-state index in [9.17, 15) is 0 Å². The quantitative estimate of drug-likeness (QED) is 0.159. The molecule has 2 aromatic heterocycles. The average Bonchev–Trinajstić information content (AvgIpc) is 2.90. The number of hydrogen-bond donors (Lipinski definition) is 0. The van der Waals surface area contributed by atoms with Gasteiger partial charge in [0.25, 0.3) is 0 Å². The van der Waals surface area contributed by atoms with Gasteiger partial charge in [-0.25, -0.2) is 9.97 Å². The second-order valence-corrected chi connectivity index (χ2v) is 14.3. The van der Waals surface area contributed by atoms with Gasteiger partial charge in [0.15, 0.2) is 0 Å². The van der Waals surface area contributed by atoms with E-state index in [0.717, 1.165) is 37.6 Å². The first-order valence-corrected chi connectivity index (χ1v) is 19.4. The van der Waals surface area contributed by atoms with E-state index in [4.69, 9.17) is 50.8 Å². The third-order valence-corrected chi connectivity index (χ3v) is 10.1. The molecule has 0 fully saturated rings. The fourth-order valence-electron chi connectivity index (χ4n) is 3.48. The van der Waals surface area contributed by atoms with Gasteiger partial charge in [-0.15, -0.1) is 0 Å². The smallest absolute Gasteiger partial charge is 0.381 e. The highest BCUT2D eigenvalue weighted by Gasteiger charge is 2.24. The van der Waals surface area contributed by atoms with Crippen molar-refractivity contribution < 1.29 is 27.1 Å². The summed E-state index contributed by atoms with van der Waals surface area (Å²) in [6.45, 7) is 18.9. The lowest BCUT2D eigenvalue weighted by molar-refractivity contribution is 0.215. The van der Waals surface area contributed by atoms with Crippen LogP contribution in [0.25, 0.3) is 0 Å². The van der Waals surface area contributed by atoms with Crippen molar-refractivity contribution in [2.75, 3.05) is 62.4 Å². The lowest BCUT2D eigenvalue weighted by Crippen LogP contribution is -2.24. The van der Waals surface area contributed by atoms with Crippen molar-refractivity contribution in [2.24, 2.45) is 0 Å². The maximum absolute atomic E-state index is 5.75. The zero-order chi connectivity index (χ0) is 31.8. The molecule has 0 aliphatic carbocycles. The second-order valence-electron chi connectivity index (χ2n) is 8.39. The van der Waals surface area contributed by atoms with Crippen LogP contribution in [0.2, 0.25) is 0 Å². The van der Waals surface area contributed by atoms with Crippen LogP contribution in [-0.2, 0) is 41.7 Å². The highest BCUT2D eigenvalue weighted by molar-refractivity contribution is 8.08. The molecule has 0 spiro atoms. The standard InChI is InChI=1S/2C13H24N3O3PS/c2*1-6-16(7-2)13-14-11(5)10-12(15-13)19-20(21,17-8-3)18-9-4/h2*10H,6-9H2,1-5H3. The van der Waals surface area contributed by atoms with Gasteiger partial charge in [0.2, 0.25) is 23.7 Å². The Morgan fingerprint density at radius 3 is 1.07 bits per heavy atom. The molecule has 0 bridgehead atoms. The predicted molar refractivity (Wildman–Crippen MR) is 177 cm³/mol. The molecule has 0 unspecified atom stereocenters. The molecule has 2 aromatic rings. The maximum Gasteiger partial charge on any atom is 0.381 e. The molecule has 0 saturated heterocycles. The number of nitrogens with zero attached hydrogens (tertiary/aromatic N) is 6. The largest absolute Gasteiger partial charge is 0.405 e. The van der Waals surface area contributed by atoms with E-state index >= 15 is 0 Å². The summed E-state index contributed by atoms with van der Waals surface area (Å²) in [4.78, 5) is 21.8. The Kier molecular flexibility index (Phi) is 18.1. The number of aryl methyl sites for hydroxylation is 2. The summed E-state index contributed by atoms with van der Waals surface area (Å²) in [5.41, 5.74) is 1.63. The average molecular weight is 667 g/mol. The first-order valence-electron chi connectivity index (χ1n) is 14.3. The minimum absolute atomic E-state index is 0.398. The van der Waals surface area contributed by atoms with Crippen molar-refractivity contribution in [3.8, 4) is 11.8 Å². The lowest BCUT2D eigenvalue weighted by atomic mass is 10.4. The highest BCUT2D eigenvalue weighted by atomic mass is 32.5. The van der Waals surface area contributed by atoms with Gasteiger partial charge in [-0.2, -0.15) is 9.97 Å². The minimum Gasteiger partial charge on any atom is -0.405 e. The topological polar surface area (TPSA) is 113 Å². The molecule has 0 N–H and O–H groups in total. The highest BCUT2D eigenvalue weighted by Crippen LogP contribution is 2.50. The van der Waals surface area contributed by atoms with Gasteiger partial charge in [0.1, 0.15) is 0 Å². The fraction of sp³-hybridized carbons (Fsp3) is 0.692. The Morgan fingerprint density at radius 2 is 0.833 bits per heavy atom. The van der Waals surface area contributed by atoms with Crippen molar-refractivity contribution in [3.05, 3.63) is 23.5 Å². The van der Waals surface area contributed by atoms with Gasteiger partial charge >= 0.3 is 13.4 Å². The Balaban J connectivity index is 0.000000420. The van der Waals surface area contributed by atoms with Crippen LogP contribution in [0.5, 0.6) is 11.8 Å². The van der Waals surface area contributed by atoms with E-state index in [2.05, 4.69) is 47.6 Å². The number of anilines is 2. The normalized spacial score (nSPS) is 11.5. The fourth-order valence-corrected chi connectivity index (χ4v) is 7.47. The molecule has 16 heteroatoms. The molecule has 0 radical (unpaired) electrons. The van der Waals surface area contributed by atoms with E-state index in [0.29, 0.717) is 50.1 Å². The van der Waals surface area contributed by atoms with Crippen LogP contribution in [0.15, 0.2) is 12.1 Å². The van der Waals surface area contributed by atoms with Gasteiger partial charge in [-0.3, -0.25) is 18.1 Å². The second kappa shape index (κ2) is 19.7. The summed E-state index contributed by atoms with van der Waals surface area (Å²) in [6.07, 6.45) is 0. The summed E-state index contributed by atoms with van der Waals surface area (Å²) in [6, 6.07) is 3.48. The van der Waals surface area contributed by atoms with Crippen molar-refractivity contribution >= 4 is 48.9 Å². The molecule has 0 aliphatic heterocycles. The lowest BCUT2D eigenvalue weighted by Gasteiger charge is -2.22. The molecular weight excluding hydrogens is 618 g/mol. The predicted octanol–water partition coefficient (Wildman–Crippen LogP) is 6.62. The zero-order valence-electron chi connectivity index (χ0n) is 26.7. The zero-order valence-corrected chi connectivity index (χ0v) is 30.1. The number of hydrogen-bond acceptors (Lipinski definition) is 14. The summed E-state index contributed by atoms with van der Waals surface area (Å²) in [5, 5.41) is 0. The minimum atomic E-state index is -2.80. The van der Waals surface area contributed by atoms with E-state index in [1.807, 2.05) is 51.3 Å². The van der Waals surface area contributed by atoms with Crippen molar-refractivity contribution in [3.63, 3.8) is 0 Å². The summed E-state index contributed by atoms with van der Waals surface area (Å²) < 4.78 is 33.4. The van der Waals surface area contributed by atoms with Crippen LogP contribution in [-0.4, -0.2) is 72.5 Å².